The molecule has 3 fully saturated rings. The molecule has 4 aliphatic rings. The van der Waals surface area contributed by atoms with Crippen LogP contribution in [0, 0.1) is 28.6 Å². The average Bonchev–Trinajstić information content (AvgIpc) is 2.91. The third-order valence-corrected chi connectivity index (χ3v) is 11.1. The number of hydrogen-bond acceptors (Lipinski definition) is 5. The Balaban J connectivity index is 1.79. The Morgan fingerprint density at radius 3 is 2.56 bits per heavy atom. The zero-order valence-corrected chi connectivity index (χ0v) is 20.2. The fourth-order valence-corrected chi connectivity index (χ4v) is 8.14. The van der Waals surface area contributed by atoms with Crippen LogP contribution < -0.4 is 0 Å². The minimum atomic E-state index is -2.18. The summed E-state index contributed by atoms with van der Waals surface area (Å²) in [4.78, 5) is 36.4. The topological polar surface area (TPSA) is 80.7 Å². The van der Waals surface area contributed by atoms with E-state index in [4.69, 9.17) is 4.74 Å². The summed E-state index contributed by atoms with van der Waals surface area (Å²) in [6, 6.07) is 0. The molecule has 0 spiro atoms. The van der Waals surface area contributed by atoms with Crippen LogP contribution in [0.2, 0.25) is 0 Å². The zero-order chi connectivity index (χ0) is 23.9. The fraction of sp³-hybridized carbons (Fsp3) is 0.708. The van der Waals surface area contributed by atoms with Crippen LogP contribution in [-0.2, 0) is 19.1 Å². The zero-order valence-electron chi connectivity index (χ0n) is 18.7. The smallest absolute Gasteiger partial charge is 0.303 e. The molecule has 8 heteroatoms. The standard InChI is InChI=1S/C24H29BrF2O5/c1-12-7-15-16-9-18(26)17-8-14(29)5-6-21(17,3)24(16,27)19(30)10-22(15,4)23(12,25)20(31)11-32-13(2)28/h5-6,8,12,15-16,18-19,30H,7,9-11H2,1-4H3/t12-,15+,16+,18-,19+,21+,22+,23+,24+/m1/s1. The Morgan fingerprint density at radius 2 is 1.94 bits per heavy atom. The molecule has 1 N–H and O–H groups in total. The van der Waals surface area contributed by atoms with E-state index < -0.39 is 57.5 Å². The fourth-order valence-electron chi connectivity index (χ4n) is 7.38. The number of aliphatic hydroxyl groups excluding tert-OH is 1. The highest BCUT2D eigenvalue weighted by Gasteiger charge is 2.76. The van der Waals surface area contributed by atoms with Gasteiger partial charge in [0.15, 0.2) is 23.8 Å². The predicted octanol–water partition coefficient (Wildman–Crippen LogP) is 3.82. The molecular weight excluding hydrogens is 486 g/mol. The molecule has 3 saturated carbocycles. The number of esters is 1. The van der Waals surface area contributed by atoms with Crippen molar-refractivity contribution in [2.45, 2.75) is 69.2 Å². The summed E-state index contributed by atoms with van der Waals surface area (Å²) in [6.07, 6.45) is 1.10. The van der Waals surface area contributed by atoms with E-state index >= 15 is 8.78 Å². The number of rotatable bonds is 3. The predicted molar refractivity (Wildman–Crippen MR) is 116 cm³/mol. The van der Waals surface area contributed by atoms with Crippen molar-refractivity contribution < 1.29 is 33.0 Å². The van der Waals surface area contributed by atoms with Crippen LogP contribution in [-0.4, -0.2) is 51.5 Å². The molecule has 0 aliphatic heterocycles. The van der Waals surface area contributed by atoms with Crippen LogP contribution in [0.3, 0.4) is 0 Å². The van der Waals surface area contributed by atoms with Gasteiger partial charge in [-0.2, -0.15) is 0 Å². The highest BCUT2D eigenvalue weighted by atomic mass is 79.9. The third-order valence-electron chi connectivity index (χ3n) is 8.95. The van der Waals surface area contributed by atoms with Crippen molar-refractivity contribution in [1.29, 1.82) is 0 Å². The number of halogens is 3. The Kier molecular flexibility index (Phi) is 5.41. The number of Topliss-reactive ketones (excluding diaryl/α,β-unsaturated/α-hetero) is 1. The lowest BCUT2D eigenvalue weighted by Gasteiger charge is -2.63. The van der Waals surface area contributed by atoms with Crippen molar-refractivity contribution in [1.82, 2.24) is 0 Å². The summed E-state index contributed by atoms with van der Waals surface area (Å²) >= 11 is 3.65. The van der Waals surface area contributed by atoms with E-state index in [1.54, 1.807) is 6.92 Å². The Bertz CT molecular complexity index is 949. The Hall–Kier alpha value is -1.41. The van der Waals surface area contributed by atoms with Gasteiger partial charge in [-0.25, -0.2) is 8.78 Å². The molecule has 0 amide bonds. The van der Waals surface area contributed by atoms with Gasteiger partial charge in [0.05, 0.1) is 10.4 Å². The SMILES string of the molecule is CC(=O)OCC(=O)[C@@]1(Br)[C@H](C)C[C@H]2[C@@H]3C[C@@H](F)C4=CC(=O)C=C[C@]4(C)[C@@]3(F)[C@@H](O)C[C@@]21C. The molecule has 0 aromatic carbocycles. The molecule has 5 nitrogen and oxygen atoms in total. The van der Waals surface area contributed by atoms with Gasteiger partial charge in [-0.3, -0.25) is 14.4 Å². The van der Waals surface area contributed by atoms with E-state index in [2.05, 4.69) is 15.9 Å². The summed E-state index contributed by atoms with van der Waals surface area (Å²) in [6.45, 7) is 6.06. The summed E-state index contributed by atoms with van der Waals surface area (Å²) < 4.78 is 36.3. The molecule has 32 heavy (non-hydrogen) atoms. The molecule has 0 radical (unpaired) electrons. The highest BCUT2D eigenvalue weighted by molar-refractivity contribution is 9.10. The number of fused-ring (bicyclic) bond motifs is 5. The number of hydrogen-bond donors (Lipinski definition) is 1. The monoisotopic (exact) mass is 514 g/mol. The van der Waals surface area contributed by atoms with Gasteiger partial charge >= 0.3 is 5.97 Å². The molecule has 4 aliphatic carbocycles. The van der Waals surface area contributed by atoms with Crippen molar-refractivity contribution in [2.75, 3.05) is 6.61 Å². The molecule has 0 aromatic rings. The minimum Gasteiger partial charge on any atom is -0.458 e. The lowest BCUT2D eigenvalue weighted by atomic mass is 9.44. The number of allylic oxidation sites excluding steroid dienone is 4. The summed E-state index contributed by atoms with van der Waals surface area (Å²) in [5, 5.41) is 11.3. The molecule has 0 heterocycles. The lowest BCUT2D eigenvalue weighted by molar-refractivity contribution is -0.199. The van der Waals surface area contributed by atoms with Crippen LogP contribution in [0.4, 0.5) is 8.78 Å². The van der Waals surface area contributed by atoms with E-state index in [-0.39, 0.29) is 35.9 Å². The quantitative estimate of drug-likeness (QED) is 0.457. The van der Waals surface area contributed by atoms with Gasteiger partial charge in [-0.15, -0.1) is 0 Å². The van der Waals surface area contributed by atoms with E-state index in [0.29, 0.717) is 6.42 Å². The minimum absolute atomic E-state index is 0.0202. The van der Waals surface area contributed by atoms with E-state index in [0.717, 1.165) is 6.08 Å². The lowest BCUT2D eigenvalue weighted by Crippen LogP contribution is -2.69. The maximum absolute atomic E-state index is 17.1. The number of carbonyl (C=O) groups is 3. The Labute approximate surface area is 194 Å². The summed E-state index contributed by atoms with van der Waals surface area (Å²) in [5.74, 6) is -2.80. The largest absolute Gasteiger partial charge is 0.458 e. The molecule has 9 atom stereocenters. The van der Waals surface area contributed by atoms with Crippen molar-refractivity contribution in [3.05, 3.63) is 23.8 Å². The van der Waals surface area contributed by atoms with E-state index in [1.807, 2.05) is 13.8 Å². The van der Waals surface area contributed by atoms with Crippen LogP contribution in [0.1, 0.15) is 47.0 Å². The van der Waals surface area contributed by atoms with Crippen molar-refractivity contribution >= 4 is 33.5 Å². The van der Waals surface area contributed by atoms with Crippen LogP contribution >= 0.6 is 15.9 Å². The van der Waals surface area contributed by atoms with Gasteiger partial charge in [0.25, 0.3) is 0 Å². The molecule has 176 valence electrons. The highest BCUT2D eigenvalue weighted by Crippen LogP contribution is 2.72. The second kappa shape index (κ2) is 7.29. The van der Waals surface area contributed by atoms with Crippen LogP contribution in [0.15, 0.2) is 23.8 Å². The van der Waals surface area contributed by atoms with Gasteiger partial charge < -0.3 is 9.84 Å². The van der Waals surface area contributed by atoms with Crippen molar-refractivity contribution in [3.63, 3.8) is 0 Å². The number of alkyl halides is 3. The van der Waals surface area contributed by atoms with Gasteiger partial charge in [0.2, 0.25) is 0 Å². The molecule has 0 unspecified atom stereocenters. The number of aliphatic hydroxyl groups is 1. The maximum Gasteiger partial charge on any atom is 0.303 e. The summed E-state index contributed by atoms with van der Waals surface area (Å²) in [7, 11) is 0. The first kappa shape index (κ1) is 23.7. The number of ether oxygens (including phenoxy) is 1. The van der Waals surface area contributed by atoms with Gasteiger partial charge in [0.1, 0.15) is 6.17 Å². The third kappa shape index (κ3) is 2.77. The van der Waals surface area contributed by atoms with E-state index in [9.17, 15) is 19.5 Å². The van der Waals surface area contributed by atoms with Crippen LogP contribution in [0.25, 0.3) is 0 Å². The number of ketones is 2. The Morgan fingerprint density at radius 1 is 1.28 bits per heavy atom. The van der Waals surface area contributed by atoms with Crippen molar-refractivity contribution in [2.24, 2.45) is 28.6 Å². The molecule has 0 aromatic heterocycles. The van der Waals surface area contributed by atoms with E-state index in [1.165, 1.54) is 19.1 Å². The maximum atomic E-state index is 17.1. The molecular formula is C24H29BrF2O5. The first-order chi connectivity index (χ1) is 14.7. The first-order valence-electron chi connectivity index (χ1n) is 11.0. The van der Waals surface area contributed by atoms with Gasteiger partial charge in [0, 0.05) is 18.3 Å². The normalized spacial score (nSPS) is 49.6. The van der Waals surface area contributed by atoms with Crippen molar-refractivity contribution in [3.8, 4) is 0 Å². The molecule has 4 rings (SSSR count). The average molecular weight is 515 g/mol. The first-order valence-corrected chi connectivity index (χ1v) is 11.8. The molecule has 0 bridgehead atoms. The van der Waals surface area contributed by atoms with Crippen LogP contribution in [0.5, 0.6) is 0 Å². The van der Waals surface area contributed by atoms with Gasteiger partial charge in [-0.05, 0) is 61.2 Å². The van der Waals surface area contributed by atoms with Gasteiger partial charge in [-0.1, -0.05) is 35.9 Å². The number of carbonyl (C=O) groups excluding carboxylic acids is 3. The second-order valence-corrected chi connectivity index (χ2v) is 11.7. The summed E-state index contributed by atoms with van der Waals surface area (Å²) in [5.41, 5.74) is -4.44. The second-order valence-electron chi connectivity index (χ2n) is 10.4. The molecule has 0 saturated heterocycles.